The van der Waals surface area contributed by atoms with Crippen molar-refractivity contribution >= 4 is 23.4 Å². The van der Waals surface area contributed by atoms with Crippen LogP contribution in [0.1, 0.15) is 29.8 Å². The lowest BCUT2D eigenvalue weighted by molar-refractivity contribution is 0.0748. The normalized spacial score (nSPS) is 20.8. The minimum absolute atomic E-state index is 0.173. The Morgan fingerprint density at radius 2 is 2.26 bits per heavy atom. The molecule has 1 saturated heterocycles. The van der Waals surface area contributed by atoms with Gasteiger partial charge in [-0.05, 0) is 44.0 Å². The molecule has 2 aliphatic heterocycles. The zero-order chi connectivity index (χ0) is 13.5. The Morgan fingerprint density at radius 3 is 3.05 bits per heavy atom. The highest BCUT2D eigenvalue weighted by molar-refractivity contribution is 8.00. The van der Waals surface area contributed by atoms with Gasteiger partial charge < -0.3 is 10.2 Å². The molecule has 0 radical (unpaired) electrons. The van der Waals surface area contributed by atoms with Crippen LogP contribution in [-0.2, 0) is 6.42 Å². The van der Waals surface area contributed by atoms with E-state index in [1.165, 1.54) is 11.3 Å². The maximum absolute atomic E-state index is 12.6. The smallest absolute Gasteiger partial charge is 0.253 e. The zero-order valence-corrected chi connectivity index (χ0v) is 12.3. The molecule has 1 amide bonds. The fraction of sp³-hybridized carbons (Fsp3) is 0.533. The highest BCUT2D eigenvalue weighted by atomic mass is 32.2. The molecule has 0 aromatic heterocycles. The minimum atomic E-state index is 0.173. The van der Waals surface area contributed by atoms with Crippen LogP contribution in [0.3, 0.4) is 0 Å². The van der Waals surface area contributed by atoms with Crippen LogP contribution in [0.4, 0.5) is 5.69 Å². The highest BCUT2D eigenvalue weighted by Crippen LogP contribution is 2.31. The van der Waals surface area contributed by atoms with Gasteiger partial charge in [-0.2, -0.15) is 11.8 Å². The van der Waals surface area contributed by atoms with E-state index in [2.05, 4.69) is 25.2 Å². The first kappa shape index (κ1) is 12.9. The minimum Gasteiger partial charge on any atom is -0.384 e. The van der Waals surface area contributed by atoms with Crippen molar-refractivity contribution in [3.05, 3.63) is 29.3 Å². The first-order valence-corrected chi connectivity index (χ1v) is 7.84. The van der Waals surface area contributed by atoms with Crippen LogP contribution in [0.15, 0.2) is 18.2 Å². The van der Waals surface area contributed by atoms with Gasteiger partial charge in [0.15, 0.2) is 0 Å². The lowest BCUT2D eigenvalue weighted by Crippen LogP contribution is -2.46. The van der Waals surface area contributed by atoms with Gasteiger partial charge in [0.25, 0.3) is 5.91 Å². The topological polar surface area (TPSA) is 32.3 Å². The van der Waals surface area contributed by atoms with Crippen molar-refractivity contribution in [2.24, 2.45) is 0 Å². The molecule has 0 unspecified atom stereocenters. The Balaban J connectivity index is 1.80. The molecule has 0 spiro atoms. The molecule has 102 valence electrons. The number of anilines is 1. The molecule has 2 heterocycles. The maximum Gasteiger partial charge on any atom is 0.253 e. The molecule has 1 fully saturated rings. The van der Waals surface area contributed by atoms with E-state index in [1.807, 2.05) is 28.8 Å². The van der Waals surface area contributed by atoms with E-state index in [9.17, 15) is 4.79 Å². The second-order valence-electron chi connectivity index (χ2n) is 5.88. The van der Waals surface area contributed by atoms with Gasteiger partial charge in [0.05, 0.1) is 0 Å². The van der Waals surface area contributed by atoms with E-state index in [4.69, 9.17) is 0 Å². The summed E-state index contributed by atoms with van der Waals surface area (Å²) in [6.45, 7) is 7.11. The summed E-state index contributed by atoms with van der Waals surface area (Å²) in [6.07, 6.45) is 1.03. The Kier molecular flexibility index (Phi) is 3.21. The molecule has 0 atom stereocenters. The van der Waals surface area contributed by atoms with Crippen LogP contribution in [-0.4, -0.2) is 40.9 Å². The molecule has 1 N–H and O–H groups in total. The Morgan fingerprint density at radius 1 is 1.42 bits per heavy atom. The Labute approximate surface area is 118 Å². The van der Waals surface area contributed by atoms with Crippen LogP contribution in [0, 0.1) is 0 Å². The second-order valence-corrected chi connectivity index (χ2v) is 7.69. The first-order chi connectivity index (χ1) is 9.05. The van der Waals surface area contributed by atoms with Gasteiger partial charge in [0.1, 0.15) is 0 Å². The van der Waals surface area contributed by atoms with Gasteiger partial charge in [-0.3, -0.25) is 4.79 Å². The second kappa shape index (κ2) is 4.75. The summed E-state index contributed by atoms with van der Waals surface area (Å²) < 4.78 is 0.173. The number of rotatable bonds is 1. The summed E-state index contributed by atoms with van der Waals surface area (Å²) in [7, 11) is 0. The summed E-state index contributed by atoms with van der Waals surface area (Å²) in [6, 6.07) is 6.06. The Bertz CT molecular complexity index is 513. The molecule has 1 aromatic rings. The SMILES string of the molecule is CC1(C)CN(C(=O)c2ccc3c(c2)CCN3)CCS1. The number of nitrogens with zero attached hydrogens (tertiary/aromatic N) is 1. The average molecular weight is 276 g/mol. The van der Waals surface area contributed by atoms with Crippen LogP contribution >= 0.6 is 11.8 Å². The van der Waals surface area contributed by atoms with Crippen molar-refractivity contribution in [1.82, 2.24) is 4.90 Å². The molecule has 0 bridgehead atoms. The van der Waals surface area contributed by atoms with Gasteiger partial charge in [-0.15, -0.1) is 0 Å². The molecule has 3 nitrogen and oxygen atoms in total. The summed E-state index contributed by atoms with van der Waals surface area (Å²) in [5.74, 6) is 1.22. The molecule has 4 heteroatoms. The molecule has 0 saturated carbocycles. The Hall–Kier alpha value is -1.16. The molecule has 19 heavy (non-hydrogen) atoms. The van der Waals surface area contributed by atoms with E-state index in [1.54, 1.807) is 0 Å². The third kappa shape index (κ3) is 2.59. The van der Waals surface area contributed by atoms with Crippen molar-refractivity contribution in [2.75, 3.05) is 30.7 Å². The fourth-order valence-corrected chi connectivity index (χ4v) is 3.92. The average Bonchev–Trinajstić information content (AvgIpc) is 2.83. The van der Waals surface area contributed by atoms with Crippen molar-refractivity contribution in [3.8, 4) is 0 Å². The van der Waals surface area contributed by atoms with Crippen LogP contribution in [0.2, 0.25) is 0 Å². The number of carbonyl (C=O) groups is 1. The monoisotopic (exact) mass is 276 g/mol. The van der Waals surface area contributed by atoms with Crippen molar-refractivity contribution in [2.45, 2.75) is 25.0 Å². The molecule has 2 aliphatic rings. The largest absolute Gasteiger partial charge is 0.384 e. The molecule has 0 aliphatic carbocycles. The van der Waals surface area contributed by atoms with Gasteiger partial charge in [-0.1, -0.05) is 0 Å². The van der Waals surface area contributed by atoms with Gasteiger partial charge in [0.2, 0.25) is 0 Å². The van der Waals surface area contributed by atoms with Crippen molar-refractivity contribution in [3.63, 3.8) is 0 Å². The number of amides is 1. The quantitative estimate of drug-likeness (QED) is 0.856. The molecular weight excluding hydrogens is 256 g/mol. The van der Waals surface area contributed by atoms with E-state index in [0.29, 0.717) is 0 Å². The lowest BCUT2D eigenvalue weighted by Gasteiger charge is -2.37. The number of hydrogen-bond acceptors (Lipinski definition) is 3. The number of nitrogens with one attached hydrogen (secondary N) is 1. The third-order valence-electron chi connectivity index (χ3n) is 3.77. The maximum atomic E-state index is 12.6. The van der Waals surface area contributed by atoms with Crippen LogP contribution in [0.25, 0.3) is 0 Å². The zero-order valence-electron chi connectivity index (χ0n) is 11.5. The van der Waals surface area contributed by atoms with Gasteiger partial charge in [0, 0.05) is 41.4 Å². The lowest BCUT2D eigenvalue weighted by atomic mass is 10.1. The predicted molar refractivity (Wildman–Crippen MR) is 81.1 cm³/mol. The highest BCUT2D eigenvalue weighted by Gasteiger charge is 2.30. The number of hydrogen-bond donors (Lipinski definition) is 1. The summed E-state index contributed by atoms with van der Waals surface area (Å²) >= 11 is 1.95. The van der Waals surface area contributed by atoms with Crippen molar-refractivity contribution in [1.29, 1.82) is 0 Å². The summed E-state index contributed by atoms with van der Waals surface area (Å²) in [5, 5.41) is 3.33. The standard InChI is InChI=1S/C15H20N2OS/c1-15(2)10-17(7-8-19-15)14(18)12-3-4-13-11(9-12)5-6-16-13/h3-4,9,16H,5-8,10H2,1-2H3. The predicted octanol–water partition coefficient (Wildman–Crippen LogP) is 2.62. The van der Waals surface area contributed by atoms with Gasteiger partial charge >= 0.3 is 0 Å². The van der Waals surface area contributed by atoms with Gasteiger partial charge in [-0.25, -0.2) is 0 Å². The number of fused-ring (bicyclic) bond motifs is 1. The number of thioether (sulfide) groups is 1. The van der Waals surface area contributed by atoms with E-state index in [0.717, 1.165) is 37.4 Å². The van der Waals surface area contributed by atoms with E-state index in [-0.39, 0.29) is 10.7 Å². The fourth-order valence-electron chi connectivity index (χ4n) is 2.81. The summed E-state index contributed by atoms with van der Waals surface area (Å²) in [5.41, 5.74) is 3.30. The molecular formula is C15H20N2OS. The van der Waals surface area contributed by atoms with Crippen molar-refractivity contribution < 1.29 is 4.79 Å². The first-order valence-electron chi connectivity index (χ1n) is 6.85. The van der Waals surface area contributed by atoms with Crippen LogP contribution < -0.4 is 5.32 Å². The molecule has 1 aromatic carbocycles. The third-order valence-corrected chi connectivity index (χ3v) is 5.07. The van der Waals surface area contributed by atoms with E-state index < -0.39 is 0 Å². The molecule has 3 rings (SSSR count). The number of carbonyl (C=O) groups excluding carboxylic acids is 1. The number of benzene rings is 1. The summed E-state index contributed by atoms with van der Waals surface area (Å²) in [4.78, 5) is 14.6. The van der Waals surface area contributed by atoms with Crippen LogP contribution in [0.5, 0.6) is 0 Å². The van der Waals surface area contributed by atoms with E-state index >= 15 is 0 Å².